The van der Waals surface area contributed by atoms with Crippen molar-refractivity contribution in [3.05, 3.63) is 39.0 Å². The van der Waals surface area contributed by atoms with Crippen molar-refractivity contribution in [2.75, 3.05) is 0 Å². The number of aromatic nitrogens is 2. The summed E-state index contributed by atoms with van der Waals surface area (Å²) in [7, 11) is -2.17. The van der Waals surface area contributed by atoms with Crippen molar-refractivity contribution in [2.24, 2.45) is 24.3 Å². The highest BCUT2D eigenvalue weighted by Gasteiger charge is 2.16. The quantitative estimate of drug-likeness (QED) is 0.520. The molecule has 0 amide bonds. The topological polar surface area (TPSA) is 164 Å². The highest BCUT2D eigenvalue weighted by molar-refractivity contribution is 7.85. The van der Waals surface area contributed by atoms with Gasteiger partial charge in [0.15, 0.2) is 0 Å². The molecule has 0 atom stereocenters. The zero-order valence-electron chi connectivity index (χ0n) is 12.4. The van der Waals surface area contributed by atoms with E-state index in [1.54, 1.807) is 0 Å². The molecule has 0 fully saturated rings. The van der Waals surface area contributed by atoms with Gasteiger partial charge in [-0.15, -0.1) is 10.2 Å². The SMILES string of the molecule is Cn1c(O)c(N=Nc2cc(S(=O)(=O)O)ccc2O)c(=O)n(C)c1=O. The van der Waals surface area contributed by atoms with Crippen molar-refractivity contribution in [3.63, 3.8) is 0 Å². The van der Waals surface area contributed by atoms with Gasteiger partial charge in [0.2, 0.25) is 11.6 Å². The summed E-state index contributed by atoms with van der Waals surface area (Å²) in [5.41, 5.74) is -2.69. The van der Waals surface area contributed by atoms with Gasteiger partial charge in [0.1, 0.15) is 11.4 Å². The number of nitrogens with zero attached hydrogens (tertiary/aromatic N) is 4. The van der Waals surface area contributed by atoms with E-state index in [0.29, 0.717) is 4.57 Å². The van der Waals surface area contributed by atoms with Crippen LogP contribution in [-0.4, -0.2) is 32.3 Å². The van der Waals surface area contributed by atoms with Crippen LogP contribution in [0.5, 0.6) is 11.6 Å². The number of rotatable bonds is 3. The maximum atomic E-state index is 11.9. The Kier molecular flexibility index (Phi) is 4.27. The van der Waals surface area contributed by atoms with Gasteiger partial charge in [0, 0.05) is 14.1 Å². The maximum Gasteiger partial charge on any atom is 0.333 e. The van der Waals surface area contributed by atoms with Gasteiger partial charge in [-0.2, -0.15) is 8.42 Å². The molecule has 2 aromatic rings. The molecule has 1 heterocycles. The number of hydrogen-bond donors (Lipinski definition) is 3. The molecule has 0 saturated heterocycles. The molecule has 0 spiro atoms. The number of phenols is 1. The lowest BCUT2D eigenvalue weighted by atomic mass is 10.3. The van der Waals surface area contributed by atoms with E-state index in [-0.39, 0.29) is 5.69 Å². The van der Waals surface area contributed by atoms with E-state index in [2.05, 4.69) is 10.2 Å². The number of hydrogen-bond acceptors (Lipinski definition) is 8. The lowest BCUT2D eigenvalue weighted by Crippen LogP contribution is -2.36. The number of azo groups is 1. The van der Waals surface area contributed by atoms with Crippen LogP contribution in [0.2, 0.25) is 0 Å². The number of phenolic OH excluding ortho intramolecular Hbond substituents is 1. The Bertz CT molecular complexity index is 1070. The molecule has 24 heavy (non-hydrogen) atoms. The summed E-state index contributed by atoms with van der Waals surface area (Å²) in [5, 5.41) is 26.4. The van der Waals surface area contributed by atoms with Crippen LogP contribution in [0.3, 0.4) is 0 Å². The Labute approximate surface area is 134 Å². The van der Waals surface area contributed by atoms with Crippen LogP contribution < -0.4 is 11.2 Å². The van der Waals surface area contributed by atoms with Crippen molar-refractivity contribution >= 4 is 21.5 Å². The minimum Gasteiger partial charge on any atom is -0.506 e. The molecule has 12 heteroatoms. The van der Waals surface area contributed by atoms with Crippen molar-refractivity contribution in [1.29, 1.82) is 0 Å². The molecular formula is C12H12N4O7S. The molecule has 0 aliphatic heterocycles. The summed E-state index contributed by atoms with van der Waals surface area (Å²) in [4.78, 5) is 23.0. The summed E-state index contributed by atoms with van der Waals surface area (Å²) < 4.78 is 32.6. The zero-order valence-corrected chi connectivity index (χ0v) is 13.2. The average molecular weight is 356 g/mol. The van der Waals surface area contributed by atoms with Gasteiger partial charge in [0.05, 0.1) is 4.90 Å². The fourth-order valence-electron chi connectivity index (χ4n) is 1.75. The second-order valence-corrected chi connectivity index (χ2v) is 6.13. The van der Waals surface area contributed by atoms with Crippen LogP contribution in [0.15, 0.2) is 42.9 Å². The van der Waals surface area contributed by atoms with Gasteiger partial charge < -0.3 is 10.2 Å². The van der Waals surface area contributed by atoms with Gasteiger partial charge in [-0.1, -0.05) is 0 Å². The zero-order chi connectivity index (χ0) is 18.2. The Morgan fingerprint density at radius 3 is 2.25 bits per heavy atom. The van der Waals surface area contributed by atoms with Crippen molar-refractivity contribution in [1.82, 2.24) is 9.13 Å². The molecular weight excluding hydrogens is 344 g/mol. The molecule has 1 aromatic heterocycles. The number of aromatic hydroxyl groups is 2. The highest BCUT2D eigenvalue weighted by atomic mass is 32.2. The van der Waals surface area contributed by atoms with Crippen LogP contribution >= 0.6 is 0 Å². The van der Waals surface area contributed by atoms with Gasteiger partial charge in [-0.3, -0.25) is 18.5 Å². The molecule has 2 rings (SSSR count). The molecule has 128 valence electrons. The van der Waals surface area contributed by atoms with Gasteiger partial charge in [-0.05, 0) is 18.2 Å². The third-order valence-corrected chi connectivity index (χ3v) is 3.96. The lowest BCUT2D eigenvalue weighted by Gasteiger charge is -2.06. The van der Waals surface area contributed by atoms with E-state index in [1.165, 1.54) is 14.1 Å². The van der Waals surface area contributed by atoms with Crippen molar-refractivity contribution in [3.8, 4) is 11.6 Å². The summed E-state index contributed by atoms with van der Waals surface area (Å²) in [6.45, 7) is 0. The first-order valence-corrected chi connectivity index (χ1v) is 7.69. The minimum atomic E-state index is -4.53. The van der Waals surface area contributed by atoms with Gasteiger partial charge in [0.25, 0.3) is 15.7 Å². The van der Waals surface area contributed by atoms with E-state index in [0.717, 1.165) is 22.8 Å². The molecule has 1 aromatic carbocycles. The molecule has 0 radical (unpaired) electrons. The first kappa shape index (κ1) is 17.4. The summed E-state index contributed by atoms with van der Waals surface area (Å²) >= 11 is 0. The molecule has 0 aliphatic carbocycles. The molecule has 0 aliphatic rings. The predicted molar refractivity (Wildman–Crippen MR) is 80.7 cm³/mol. The largest absolute Gasteiger partial charge is 0.506 e. The van der Waals surface area contributed by atoms with E-state index >= 15 is 0 Å². The second kappa shape index (κ2) is 5.90. The molecule has 0 saturated carbocycles. The lowest BCUT2D eigenvalue weighted by molar-refractivity contribution is 0.413. The Morgan fingerprint density at radius 1 is 1.04 bits per heavy atom. The smallest absolute Gasteiger partial charge is 0.333 e. The van der Waals surface area contributed by atoms with Crippen LogP contribution in [0.1, 0.15) is 0 Å². The Balaban J connectivity index is 2.62. The van der Waals surface area contributed by atoms with Gasteiger partial charge >= 0.3 is 5.69 Å². The molecule has 3 N–H and O–H groups in total. The van der Waals surface area contributed by atoms with Crippen LogP contribution in [0.4, 0.5) is 11.4 Å². The Hall–Kier alpha value is -2.99. The van der Waals surface area contributed by atoms with E-state index in [1.807, 2.05) is 0 Å². The monoisotopic (exact) mass is 356 g/mol. The van der Waals surface area contributed by atoms with Gasteiger partial charge in [-0.25, -0.2) is 4.79 Å². The summed E-state index contributed by atoms with van der Waals surface area (Å²) in [6, 6.07) is 2.71. The van der Waals surface area contributed by atoms with Crippen molar-refractivity contribution in [2.45, 2.75) is 4.90 Å². The standard InChI is InChI=1S/C12H12N4O7S/c1-15-10(18)9(11(19)16(2)12(15)20)14-13-7-5-6(24(21,22)23)3-4-8(7)17/h3-5,17-18H,1-2H3,(H,21,22,23). The average Bonchev–Trinajstić information content (AvgIpc) is 2.51. The first-order valence-electron chi connectivity index (χ1n) is 6.25. The highest BCUT2D eigenvalue weighted by Crippen LogP contribution is 2.31. The fraction of sp³-hybridized carbons (Fsp3) is 0.167. The van der Waals surface area contributed by atoms with Crippen LogP contribution in [0.25, 0.3) is 0 Å². The normalized spacial score (nSPS) is 12.0. The molecule has 0 bridgehead atoms. The number of benzene rings is 1. The minimum absolute atomic E-state index is 0.375. The second-order valence-electron chi connectivity index (χ2n) is 4.70. The van der Waals surface area contributed by atoms with Crippen LogP contribution in [0, 0.1) is 0 Å². The van der Waals surface area contributed by atoms with E-state index < -0.39 is 43.6 Å². The van der Waals surface area contributed by atoms with Crippen LogP contribution in [-0.2, 0) is 24.2 Å². The summed E-state index contributed by atoms with van der Waals surface area (Å²) in [5.74, 6) is -1.23. The fourth-order valence-corrected chi connectivity index (χ4v) is 2.25. The first-order chi connectivity index (χ1) is 11.0. The molecule has 0 unspecified atom stereocenters. The third-order valence-electron chi connectivity index (χ3n) is 3.11. The van der Waals surface area contributed by atoms with E-state index in [4.69, 9.17) is 4.55 Å². The van der Waals surface area contributed by atoms with E-state index in [9.17, 15) is 28.2 Å². The third kappa shape index (κ3) is 3.04. The summed E-state index contributed by atoms with van der Waals surface area (Å²) in [6.07, 6.45) is 0. The molecule has 11 nitrogen and oxygen atoms in total. The van der Waals surface area contributed by atoms with Crippen molar-refractivity contribution < 1.29 is 23.2 Å². The maximum absolute atomic E-state index is 11.9. The predicted octanol–water partition coefficient (Wildman–Crippen LogP) is 0.157. The Morgan fingerprint density at radius 2 is 1.67 bits per heavy atom.